The first-order valence-electron chi connectivity index (χ1n) is 10.2. The molecule has 1 unspecified atom stereocenters. The Morgan fingerprint density at radius 2 is 2.06 bits per heavy atom. The number of nitrogens with one attached hydrogen (secondary N) is 1. The number of likely N-dealkylation sites (tertiary alicyclic amines) is 1. The van der Waals surface area contributed by atoms with Crippen LogP contribution in [0.3, 0.4) is 0 Å². The highest BCUT2D eigenvalue weighted by Gasteiger charge is 2.28. The summed E-state index contributed by atoms with van der Waals surface area (Å²) in [4.78, 5) is 25.4. The molecular weight excluding hydrogens is 396 g/mol. The van der Waals surface area contributed by atoms with Gasteiger partial charge in [0.1, 0.15) is 17.5 Å². The van der Waals surface area contributed by atoms with Crippen molar-refractivity contribution in [2.24, 2.45) is 0 Å². The number of aromatic nitrogens is 4. The third-order valence-corrected chi connectivity index (χ3v) is 5.19. The number of aromatic amines is 1. The monoisotopic (exact) mass is 422 g/mol. The van der Waals surface area contributed by atoms with E-state index >= 15 is 0 Å². The molecule has 1 fully saturated rings. The van der Waals surface area contributed by atoms with Crippen LogP contribution in [0.4, 0.5) is 5.82 Å². The molecule has 1 aliphatic rings. The number of carbonyl (C=O) groups excluding carboxylic acids is 1. The van der Waals surface area contributed by atoms with E-state index in [2.05, 4.69) is 20.2 Å². The van der Waals surface area contributed by atoms with Crippen molar-refractivity contribution in [1.29, 1.82) is 0 Å². The van der Waals surface area contributed by atoms with Crippen LogP contribution < -0.4 is 14.4 Å². The van der Waals surface area contributed by atoms with Gasteiger partial charge in [-0.05, 0) is 31.0 Å². The maximum Gasteiger partial charge on any atom is 0.272 e. The van der Waals surface area contributed by atoms with Crippen LogP contribution in [0.2, 0.25) is 0 Å². The number of amides is 1. The Labute approximate surface area is 181 Å². The third-order valence-electron chi connectivity index (χ3n) is 5.19. The summed E-state index contributed by atoms with van der Waals surface area (Å²) in [5, 5.41) is 7.19. The molecule has 3 aromatic rings. The largest absolute Gasteiger partial charge is 0.497 e. The molecule has 9 heteroatoms. The molecule has 1 N–H and O–H groups in total. The molecule has 0 saturated carbocycles. The molecule has 4 rings (SSSR count). The number of hydrogen-bond acceptors (Lipinski definition) is 7. The van der Waals surface area contributed by atoms with Crippen LogP contribution in [0, 0.1) is 0 Å². The van der Waals surface area contributed by atoms with E-state index in [9.17, 15) is 4.79 Å². The van der Waals surface area contributed by atoms with E-state index in [-0.39, 0.29) is 12.0 Å². The van der Waals surface area contributed by atoms with E-state index < -0.39 is 0 Å². The second-order valence-electron chi connectivity index (χ2n) is 7.61. The predicted molar refractivity (Wildman–Crippen MR) is 116 cm³/mol. The Bertz CT molecular complexity index is 1050. The zero-order valence-corrected chi connectivity index (χ0v) is 17.9. The highest BCUT2D eigenvalue weighted by atomic mass is 16.5. The molecule has 0 spiro atoms. The summed E-state index contributed by atoms with van der Waals surface area (Å²) >= 11 is 0. The number of hydrogen-bond donors (Lipinski definition) is 1. The number of H-pyrrole nitrogens is 1. The summed E-state index contributed by atoms with van der Waals surface area (Å²) in [5.41, 5.74) is 2.03. The molecule has 0 bridgehead atoms. The Balaban J connectivity index is 1.45. The van der Waals surface area contributed by atoms with Crippen molar-refractivity contribution in [2.75, 3.05) is 39.2 Å². The summed E-state index contributed by atoms with van der Waals surface area (Å²) in [6, 6.07) is 9.36. The minimum absolute atomic E-state index is 0.0954. The van der Waals surface area contributed by atoms with Crippen LogP contribution in [0.5, 0.6) is 11.6 Å². The van der Waals surface area contributed by atoms with Gasteiger partial charge in [-0.1, -0.05) is 12.1 Å². The van der Waals surface area contributed by atoms with Gasteiger partial charge in [-0.2, -0.15) is 5.10 Å². The summed E-state index contributed by atoms with van der Waals surface area (Å²) in [6.07, 6.45) is 4.81. The normalized spacial score (nSPS) is 16.1. The SMILES string of the molecule is COc1cccc(-c2cc(C(=O)N3CCCC(Oc4nccnc4N(C)C)C3)[nH]n2)c1. The second kappa shape index (κ2) is 9.03. The number of nitrogens with zero attached hydrogens (tertiary/aromatic N) is 5. The minimum atomic E-state index is -0.145. The quantitative estimate of drug-likeness (QED) is 0.652. The lowest BCUT2D eigenvalue weighted by Crippen LogP contribution is -2.44. The highest BCUT2D eigenvalue weighted by Crippen LogP contribution is 2.26. The Hall–Kier alpha value is -3.62. The lowest BCUT2D eigenvalue weighted by Gasteiger charge is -2.32. The Morgan fingerprint density at radius 1 is 1.23 bits per heavy atom. The molecule has 3 heterocycles. The van der Waals surface area contributed by atoms with Crippen molar-refractivity contribution in [3.05, 3.63) is 48.4 Å². The predicted octanol–water partition coefficient (Wildman–Crippen LogP) is 2.62. The molecular formula is C22H26N6O3. The average molecular weight is 422 g/mol. The molecule has 1 aromatic carbocycles. The summed E-state index contributed by atoms with van der Waals surface area (Å²) < 4.78 is 11.4. The van der Waals surface area contributed by atoms with Crippen LogP contribution >= 0.6 is 0 Å². The van der Waals surface area contributed by atoms with Crippen LogP contribution in [0.1, 0.15) is 23.3 Å². The summed E-state index contributed by atoms with van der Waals surface area (Å²) in [7, 11) is 5.41. The zero-order valence-electron chi connectivity index (χ0n) is 17.9. The van der Waals surface area contributed by atoms with Crippen molar-refractivity contribution in [1.82, 2.24) is 25.1 Å². The van der Waals surface area contributed by atoms with Gasteiger partial charge >= 0.3 is 0 Å². The minimum Gasteiger partial charge on any atom is -0.497 e. The Kier molecular flexibility index (Phi) is 6.01. The van der Waals surface area contributed by atoms with Gasteiger partial charge in [0.2, 0.25) is 0 Å². The lowest BCUT2D eigenvalue weighted by atomic mass is 10.1. The first-order valence-corrected chi connectivity index (χ1v) is 10.2. The highest BCUT2D eigenvalue weighted by molar-refractivity contribution is 5.93. The fourth-order valence-corrected chi connectivity index (χ4v) is 3.62. The Morgan fingerprint density at radius 3 is 2.87 bits per heavy atom. The van der Waals surface area contributed by atoms with Gasteiger partial charge in [-0.25, -0.2) is 9.97 Å². The molecule has 162 valence electrons. The number of rotatable bonds is 6. The average Bonchev–Trinajstić information content (AvgIpc) is 3.29. The van der Waals surface area contributed by atoms with Crippen molar-refractivity contribution < 1.29 is 14.3 Å². The molecule has 1 aliphatic heterocycles. The molecule has 1 saturated heterocycles. The number of ether oxygens (including phenoxy) is 2. The standard InChI is InChI=1S/C22H26N6O3/c1-27(2)20-21(24-10-9-23-20)31-17-8-5-11-28(14-17)22(29)19-13-18(25-26-19)15-6-4-7-16(12-15)30-3/h4,6-7,9-10,12-13,17H,5,8,11,14H2,1-3H3,(H,25,26). The maximum atomic E-state index is 13.1. The van der Waals surface area contributed by atoms with Crippen LogP contribution in [0.25, 0.3) is 11.3 Å². The topological polar surface area (TPSA) is 96.5 Å². The van der Waals surface area contributed by atoms with Crippen LogP contribution in [0.15, 0.2) is 42.7 Å². The van der Waals surface area contributed by atoms with Gasteiger partial charge in [-0.15, -0.1) is 0 Å². The molecule has 0 aliphatic carbocycles. The van der Waals surface area contributed by atoms with Gasteiger partial charge in [0.05, 0.1) is 19.3 Å². The molecule has 2 aromatic heterocycles. The molecule has 31 heavy (non-hydrogen) atoms. The van der Waals surface area contributed by atoms with Gasteiger partial charge in [0.25, 0.3) is 11.8 Å². The molecule has 1 amide bonds. The van der Waals surface area contributed by atoms with E-state index in [1.54, 1.807) is 30.5 Å². The van der Waals surface area contributed by atoms with Crippen molar-refractivity contribution in [3.8, 4) is 22.9 Å². The van der Waals surface area contributed by atoms with Gasteiger partial charge < -0.3 is 19.3 Å². The fraction of sp³-hybridized carbons (Fsp3) is 0.364. The van der Waals surface area contributed by atoms with Gasteiger partial charge in [-0.3, -0.25) is 9.89 Å². The molecule has 9 nitrogen and oxygen atoms in total. The second-order valence-corrected chi connectivity index (χ2v) is 7.61. The first-order chi connectivity index (χ1) is 15.0. The smallest absolute Gasteiger partial charge is 0.272 e. The number of benzene rings is 1. The first kappa shape index (κ1) is 20.6. The van der Waals surface area contributed by atoms with Crippen molar-refractivity contribution in [3.63, 3.8) is 0 Å². The number of carbonyl (C=O) groups is 1. The zero-order chi connectivity index (χ0) is 21.8. The fourth-order valence-electron chi connectivity index (χ4n) is 3.62. The third kappa shape index (κ3) is 4.60. The maximum absolute atomic E-state index is 13.1. The molecule has 0 radical (unpaired) electrons. The van der Waals surface area contributed by atoms with Crippen LogP contribution in [-0.2, 0) is 0 Å². The van der Waals surface area contributed by atoms with Gasteiger partial charge in [0, 0.05) is 38.6 Å². The summed E-state index contributed by atoms with van der Waals surface area (Å²) in [6.45, 7) is 1.16. The summed E-state index contributed by atoms with van der Waals surface area (Å²) in [5.74, 6) is 1.79. The number of anilines is 1. The van der Waals surface area contributed by atoms with Crippen molar-refractivity contribution >= 4 is 11.7 Å². The van der Waals surface area contributed by atoms with E-state index in [0.717, 1.165) is 24.2 Å². The number of methoxy groups -OCH3 is 1. The van der Waals surface area contributed by atoms with E-state index in [0.29, 0.717) is 36.2 Å². The van der Waals surface area contributed by atoms with Crippen LogP contribution in [-0.4, -0.2) is 71.4 Å². The molecule has 1 atom stereocenters. The van der Waals surface area contributed by atoms with E-state index in [4.69, 9.17) is 9.47 Å². The van der Waals surface area contributed by atoms with Gasteiger partial charge in [0.15, 0.2) is 5.82 Å². The lowest BCUT2D eigenvalue weighted by molar-refractivity contribution is 0.0523. The van der Waals surface area contributed by atoms with E-state index in [1.807, 2.05) is 43.3 Å². The number of piperidine rings is 1. The van der Waals surface area contributed by atoms with Crippen molar-refractivity contribution in [2.45, 2.75) is 18.9 Å². The van der Waals surface area contributed by atoms with E-state index in [1.165, 1.54) is 0 Å².